The quantitative estimate of drug-likeness (QED) is 0.789. The number of aryl methyl sites for hydroxylation is 1. The van der Waals surface area contributed by atoms with Crippen LogP contribution in [0.3, 0.4) is 0 Å². The summed E-state index contributed by atoms with van der Waals surface area (Å²) < 4.78 is 4.23. The molecule has 0 spiro atoms. The summed E-state index contributed by atoms with van der Waals surface area (Å²) in [6.45, 7) is 19.6. The number of aromatic nitrogens is 4. The molecule has 0 aliphatic heterocycles. The maximum atomic E-state index is 4.79. The summed E-state index contributed by atoms with van der Waals surface area (Å²) in [6, 6.07) is 0. The van der Waals surface area contributed by atoms with Gasteiger partial charge in [0.05, 0.1) is 18.4 Å². The molecule has 0 amide bonds. The zero-order chi connectivity index (χ0) is 17.4. The van der Waals surface area contributed by atoms with Crippen LogP contribution in [0.15, 0.2) is 12.4 Å². The molecule has 4 heteroatoms. The summed E-state index contributed by atoms with van der Waals surface area (Å²) in [5.41, 5.74) is 5.12. The fourth-order valence-electron chi connectivity index (χ4n) is 3.35. The molecule has 0 fully saturated rings. The molecule has 0 bridgehead atoms. The summed E-state index contributed by atoms with van der Waals surface area (Å²) in [5.74, 6) is 1.12. The second-order valence-electron chi connectivity index (χ2n) is 8.13. The molecule has 0 unspecified atom stereocenters. The minimum Gasteiger partial charge on any atom is -0.272 e. The lowest BCUT2D eigenvalue weighted by atomic mass is 9.87. The average Bonchev–Trinajstić information content (AvgIpc) is 2.94. The van der Waals surface area contributed by atoms with E-state index < -0.39 is 0 Å². The Morgan fingerprint density at radius 1 is 1.13 bits per heavy atom. The zero-order valence-corrected chi connectivity index (χ0v) is 16.0. The lowest BCUT2D eigenvalue weighted by Gasteiger charge is -2.24. The van der Waals surface area contributed by atoms with Gasteiger partial charge in [0.2, 0.25) is 0 Å². The van der Waals surface area contributed by atoms with E-state index in [1.165, 1.54) is 16.8 Å². The van der Waals surface area contributed by atoms with E-state index in [1.54, 1.807) is 0 Å². The molecule has 2 aromatic heterocycles. The van der Waals surface area contributed by atoms with Gasteiger partial charge in [0.25, 0.3) is 0 Å². The minimum atomic E-state index is 0.00665. The van der Waals surface area contributed by atoms with Crippen LogP contribution in [0.4, 0.5) is 0 Å². The van der Waals surface area contributed by atoms with Gasteiger partial charge >= 0.3 is 0 Å². The lowest BCUT2D eigenvalue weighted by molar-refractivity contribution is 0.400. The fraction of sp³-hybridized carbons (Fsp3) is 0.684. The van der Waals surface area contributed by atoms with Crippen LogP contribution in [0, 0.1) is 19.8 Å². The standard InChI is InChI=1S/C19H32N4/c1-13(2)10-22-11-17(9-20-22)19(7,8)12-23-16(6)18(14(3)4)15(5)21-23/h9,11,13-14H,10,12H2,1-8H3. The van der Waals surface area contributed by atoms with Crippen LogP contribution in [0.2, 0.25) is 0 Å². The number of rotatable bonds is 6. The van der Waals surface area contributed by atoms with Gasteiger partial charge in [0.15, 0.2) is 0 Å². The first-order valence-corrected chi connectivity index (χ1v) is 8.68. The molecular weight excluding hydrogens is 284 g/mol. The van der Waals surface area contributed by atoms with E-state index in [2.05, 4.69) is 76.0 Å². The Labute approximate surface area is 140 Å². The van der Waals surface area contributed by atoms with Crippen molar-refractivity contribution < 1.29 is 0 Å². The summed E-state index contributed by atoms with van der Waals surface area (Å²) in [4.78, 5) is 0. The van der Waals surface area contributed by atoms with Crippen LogP contribution in [0.1, 0.15) is 70.0 Å². The first-order chi connectivity index (χ1) is 10.6. The second kappa shape index (κ2) is 6.50. The van der Waals surface area contributed by atoms with E-state index in [0.29, 0.717) is 11.8 Å². The SMILES string of the molecule is Cc1nn(CC(C)(C)c2cnn(CC(C)C)c2)c(C)c1C(C)C. The van der Waals surface area contributed by atoms with Gasteiger partial charge in [0.1, 0.15) is 0 Å². The van der Waals surface area contributed by atoms with Gasteiger partial charge in [0, 0.05) is 23.9 Å². The third-order valence-corrected chi connectivity index (χ3v) is 4.53. The Morgan fingerprint density at radius 3 is 2.30 bits per heavy atom. The van der Waals surface area contributed by atoms with E-state index in [1.807, 2.05) is 6.20 Å². The van der Waals surface area contributed by atoms with Gasteiger partial charge in [-0.15, -0.1) is 0 Å². The molecule has 2 aromatic rings. The Kier molecular flexibility index (Phi) is 5.02. The largest absolute Gasteiger partial charge is 0.272 e. The van der Waals surface area contributed by atoms with Crippen molar-refractivity contribution in [2.24, 2.45) is 5.92 Å². The molecule has 0 radical (unpaired) electrons. The third-order valence-electron chi connectivity index (χ3n) is 4.53. The highest BCUT2D eigenvalue weighted by Crippen LogP contribution is 2.28. The van der Waals surface area contributed by atoms with E-state index in [-0.39, 0.29) is 5.41 Å². The molecule has 0 N–H and O–H groups in total. The van der Waals surface area contributed by atoms with Crippen molar-refractivity contribution in [3.63, 3.8) is 0 Å². The van der Waals surface area contributed by atoms with E-state index >= 15 is 0 Å². The number of nitrogens with zero attached hydrogens (tertiary/aromatic N) is 4. The predicted octanol–water partition coefficient (Wildman–Crippen LogP) is 4.45. The molecule has 0 saturated carbocycles. The highest BCUT2D eigenvalue weighted by molar-refractivity contribution is 5.28. The van der Waals surface area contributed by atoms with Crippen molar-refractivity contribution in [2.45, 2.75) is 79.8 Å². The molecule has 2 rings (SSSR count). The second-order valence-corrected chi connectivity index (χ2v) is 8.13. The van der Waals surface area contributed by atoms with Crippen molar-refractivity contribution in [3.05, 3.63) is 34.9 Å². The minimum absolute atomic E-state index is 0.00665. The first kappa shape index (κ1) is 17.8. The lowest BCUT2D eigenvalue weighted by Crippen LogP contribution is -2.25. The predicted molar refractivity (Wildman–Crippen MR) is 95.9 cm³/mol. The highest BCUT2D eigenvalue weighted by atomic mass is 15.3. The molecule has 0 aliphatic rings. The fourth-order valence-corrected chi connectivity index (χ4v) is 3.35. The van der Waals surface area contributed by atoms with Gasteiger partial charge in [-0.3, -0.25) is 9.36 Å². The molecular formula is C19H32N4. The first-order valence-electron chi connectivity index (χ1n) is 8.68. The van der Waals surface area contributed by atoms with Crippen LogP contribution in [-0.4, -0.2) is 19.6 Å². The van der Waals surface area contributed by atoms with Gasteiger partial charge in [-0.25, -0.2) is 0 Å². The normalized spacial score (nSPS) is 12.6. The van der Waals surface area contributed by atoms with E-state index in [4.69, 9.17) is 5.10 Å². The maximum absolute atomic E-state index is 4.79. The molecule has 4 nitrogen and oxygen atoms in total. The van der Waals surface area contributed by atoms with Gasteiger partial charge in [-0.1, -0.05) is 41.5 Å². The summed E-state index contributed by atoms with van der Waals surface area (Å²) in [7, 11) is 0. The highest BCUT2D eigenvalue weighted by Gasteiger charge is 2.26. The number of hydrogen-bond donors (Lipinski definition) is 0. The molecule has 0 aromatic carbocycles. The Morgan fingerprint density at radius 2 is 1.78 bits per heavy atom. The Bertz CT molecular complexity index is 659. The van der Waals surface area contributed by atoms with Gasteiger partial charge in [-0.05, 0) is 36.8 Å². The third kappa shape index (κ3) is 3.85. The molecule has 2 heterocycles. The molecule has 0 atom stereocenters. The topological polar surface area (TPSA) is 35.6 Å². The van der Waals surface area contributed by atoms with Crippen molar-refractivity contribution in [3.8, 4) is 0 Å². The van der Waals surface area contributed by atoms with Crippen LogP contribution in [0.5, 0.6) is 0 Å². The van der Waals surface area contributed by atoms with Gasteiger partial charge < -0.3 is 0 Å². The molecule has 128 valence electrons. The van der Waals surface area contributed by atoms with E-state index in [9.17, 15) is 0 Å². The summed E-state index contributed by atoms with van der Waals surface area (Å²) in [5, 5.41) is 9.31. The van der Waals surface area contributed by atoms with Crippen molar-refractivity contribution >= 4 is 0 Å². The van der Waals surface area contributed by atoms with Gasteiger partial charge in [-0.2, -0.15) is 10.2 Å². The monoisotopic (exact) mass is 316 g/mol. The average molecular weight is 316 g/mol. The zero-order valence-electron chi connectivity index (χ0n) is 16.0. The smallest absolute Gasteiger partial charge is 0.0631 e. The Balaban J connectivity index is 2.24. The van der Waals surface area contributed by atoms with Crippen molar-refractivity contribution in [1.82, 2.24) is 19.6 Å². The van der Waals surface area contributed by atoms with E-state index in [0.717, 1.165) is 18.8 Å². The Hall–Kier alpha value is -1.58. The van der Waals surface area contributed by atoms with Crippen LogP contribution < -0.4 is 0 Å². The summed E-state index contributed by atoms with van der Waals surface area (Å²) >= 11 is 0. The number of hydrogen-bond acceptors (Lipinski definition) is 2. The maximum Gasteiger partial charge on any atom is 0.0631 e. The summed E-state index contributed by atoms with van der Waals surface area (Å²) in [6.07, 6.45) is 4.20. The van der Waals surface area contributed by atoms with Crippen LogP contribution in [0.25, 0.3) is 0 Å². The molecule has 23 heavy (non-hydrogen) atoms. The molecule has 0 aliphatic carbocycles. The molecule has 0 saturated heterocycles. The van der Waals surface area contributed by atoms with Crippen LogP contribution in [-0.2, 0) is 18.5 Å². The van der Waals surface area contributed by atoms with Crippen LogP contribution >= 0.6 is 0 Å². The van der Waals surface area contributed by atoms with Crippen molar-refractivity contribution in [1.29, 1.82) is 0 Å². The van der Waals surface area contributed by atoms with Crippen molar-refractivity contribution in [2.75, 3.05) is 0 Å².